The van der Waals surface area contributed by atoms with Gasteiger partial charge in [-0.25, -0.2) is 0 Å². The SMILES string of the molecule is C=CCNCC(=O)NC1CCC(=O)NC1=O. The number of carbonyl (C=O) groups is 3. The van der Waals surface area contributed by atoms with E-state index in [0.29, 0.717) is 13.0 Å². The molecule has 1 saturated heterocycles. The fraction of sp³-hybridized carbons (Fsp3) is 0.500. The molecule has 6 nitrogen and oxygen atoms in total. The summed E-state index contributed by atoms with van der Waals surface area (Å²) in [7, 11) is 0. The molecule has 0 saturated carbocycles. The molecule has 1 aliphatic rings. The Labute approximate surface area is 93.5 Å². The predicted octanol–water partition coefficient (Wildman–Crippen LogP) is -1.32. The fourth-order valence-corrected chi connectivity index (χ4v) is 1.36. The van der Waals surface area contributed by atoms with E-state index < -0.39 is 11.9 Å². The largest absolute Gasteiger partial charge is 0.343 e. The molecule has 0 bridgehead atoms. The number of hydrogen-bond donors (Lipinski definition) is 3. The van der Waals surface area contributed by atoms with E-state index in [0.717, 1.165) is 0 Å². The van der Waals surface area contributed by atoms with E-state index in [4.69, 9.17) is 0 Å². The lowest BCUT2D eigenvalue weighted by molar-refractivity contribution is -0.137. The number of rotatable bonds is 5. The van der Waals surface area contributed by atoms with Crippen LogP contribution in [0.3, 0.4) is 0 Å². The fourth-order valence-electron chi connectivity index (χ4n) is 1.36. The average molecular weight is 225 g/mol. The summed E-state index contributed by atoms with van der Waals surface area (Å²) in [6, 6.07) is -0.601. The van der Waals surface area contributed by atoms with Crippen LogP contribution in [0.2, 0.25) is 0 Å². The number of carbonyl (C=O) groups excluding carboxylic acids is 3. The molecule has 1 fully saturated rings. The molecule has 0 aromatic rings. The van der Waals surface area contributed by atoms with E-state index in [2.05, 4.69) is 22.5 Å². The van der Waals surface area contributed by atoms with E-state index in [-0.39, 0.29) is 24.8 Å². The van der Waals surface area contributed by atoms with Gasteiger partial charge in [0.1, 0.15) is 6.04 Å². The Morgan fingerprint density at radius 2 is 2.31 bits per heavy atom. The van der Waals surface area contributed by atoms with Crippen molar-refractivity contribution in [1.29, 1.82) is 0 Å². The lowest BCUT2D eigenvalue weighted by Crippen LogP contribution is -2.53. The van der Waals surface area contributed by atoms with Gasteiger partial charge in [-0.3, -0.25) is 19.7 Å². The summed E-state index contributed by atoms with van der Waals surface area (Å²) >= 11 is 0. The first kappa shape index (κ1) is 12.4. The molecule has 88 valence electrons. The summed E-state index contributed by atoms with van der Waals surface area (Å²) in [6.07, 6.45) is 2.26. The number of amides is 3. The summed E-state index contributed by atoms with van der Waals surface area (Å²) in [5.74, 6) is -0.995. The van der Waals surface area contributed by atoms with Gasteiger partial charge in [0.2, 0.25) is 17.7 Å². The molecule has 3 N–H and O–H groups in total. The van der Waals surface area contributed by atoms with Crippen molar-refractivity contribution in [2.45, 2.75) is 18.9 Å². The first-order chi connectivity index (χ1) is 7.63. The smallest absolute Gasteiger partial charge is 0.249 e. The molecule has 0 aromatic heterocycles. The Bertz CT molecular complexity index is 314. The lowest BCUT2D eigenvalue weighted by atomic mass is 10.1. The van der Waals surface area contributed by atoms with Gasteiger partial charge in [-0.15, -0.1) is 6.58 Å². The third-order valence-electron chi connectivity index (χ3n) is 2.15. The van der Waals surface area contributed by atoms with Gasteiger partial charge in [-0.1, -0.05) is 6.08 Å². The van der Waals surface area contributed by atoms with Gasteiger partial charge in [-0.2, -0.15) is 0 Å². The van der Waals surface area contributed by atoms with E-state index in [1.54, 1.807) is 6.08 Å². The molecule has 3 amide bonds. The van der Waals surface area contributed by atoms with Gasteiger partial charge in [0.05, 0.1) is 6.54 Å². The molecule has 1 heterocycles. The van der Waals surface area contributed by atoms with Crippen LogP contribution in [-0.2, 0) is 14.4 Å². The molecule has 0 aromatic carbocycles. The maximum atomic E-state index is 11.3. The summed E-state index contributed by atoms with van der Waals surface area (Å²) in [6.45, 7) is 4.16. The van der Waals surface area contributed by atoms with Gasteiger partial charge in [-0.05, 0) is 6.42 Å². The standard InChI is InChI=1S/C10H15N3O3/c1-2-5-11-6-9(15)12-7-3-4-8(14)13-10(7)16/h2,7,11H,1,3-6H2,(H,12,15)(H,13,14,16). The zero-order chi connectivity index (χ0) is 12.0. The summed E-state index contributed by atoms with van der Waals surface area (Å²) in [5, 5.41) is 7.54. The molecule has 0 aliphatic carbocycles. The van der Waals surface area contributed by atoms with Crippen LogP contribution in [0, 0.1) is 0 Å². The van der Waals surface area contributed by atoms with Crippen molar-refractivity contribution < 1.29 is 14.4 Å². The number of piperidine rings is 1. The van der Waals surface area contributed by atoms with Crippen LogP contribution in [-0.4, -0.2) is 36.9 Å². The van der Waals surface area contributed by atoms with Crippen molar-refractivity contribution in [2.24, 2.45) is 0 Å². The first-order valence-corrected chi connectivity index (χ1v) is 5.08. The maximum Gasteiger partial charge on any atom is 0.249 e. The van der Waals surface area contributed by atoms with Gasteiger partial charge in [0, 0.05) is 13.0 Å². The Kier molecular flexibility index (Phi) is 4.65. The minimum absolute atomic E-state index is 0.129. The average Bonchev–Trinajstić information content (AvgIpc) is 2.23. The van der Waals surface area contributed by atoms with Gasteiger partial charge < -0.3 is 10.6 Å². The minimum Gasteiger partial charge on any atom is -0.343 e. The topological polar surface area (TPSA) is 87.3 Å². The highest BCUT2D eigenvalue weighted by Crippen LogP contribution is 2.03. The Hall–Kier alpha value is -1.69. The Morgan fingerprint density at radius 3 is 2.94 bits per heavy atom. The Balaban J connectivity index is 2.30. The van der Waals surface area contributed by atoms with Crippen molar-refractivity contribution in [3.05, 3.63) is 12.7 Å². The van der Waals surface area contributed by atoms with Crippen LogP contribution in [0.25, 0.3) is 0 Å². The Morgan fingerprint density at radius 1 is 1.56 bits per heavy atom. The van der Waals surface area contributed by atoms with Crippen molar-refractivity contribution in [3.63, 3.8) is 0 Å². The highest BCUT2D eigenvalue weighted by molar-refractivity contribution is 6.01. The van der Waals surface area contributed by atoms with Crippen LogP contribution in [0.4, 0.5) is 0 Å². The second-order valence-corrected chi connectivity index (χ2v) is 3.49. The van der Waals surface area contributed by atoms with Crippen molar-refractivity contribution in [1.82, 2.24) is 16.0 Å². The van der Waals surface area contributed by atoms with Crippen LogP contribution < -0.4 is 16.0 Å². The van der Waals surface area contributed by atoms with E-state index in [1.165, 1.54) is 0 Å². The van der Waals surface area contributed by atoms with Gasteiger partial charge in [0.25, 0.3) is 0 Å². The minimum atomic E-state index is -0.601. The zero-order valence-corrected chi connectivity index (χ0v) is 8.91. The second kappa shape index (κ2) is 6.02. The van der Waals surface area contributed by atoms with Crippen LogP contribution in [0.15, 0.2) is 12.7 Å². The van der Waals surface area contributed by atoms with Gasteiger partial charge in [0.15, 0.2) is 0 Å². The van der Waals surface area contributed by atoms with Crippen LogP contribution in [0.5, 0.6) is 0 Å². The van der Waals surface area contributed by atoms with E-state index in [1.807, 2.05) is 0 Å². The molecule has 0 spiro atoms. The normalized spacial score (nSPS) is 20.1. The van der Waals surface area contributed by atoms with E-state index in [9.17, 15) is 14.4 Å². The third kappa shape index (κ3) is 3.82. The van der Waals surface area contributed by atoms with Crippen molar-refractivity contribution in [3.8, 4) is 0 Å². The molecule has 1 unspecified atom stereocenters. The first-order valence-electron chi connectivity index (χ1n) is 5.08. The van der Waals surface area contributed by atoms with E-state index >= 15 is 0 Å². The molecule has 6 heteroatoms. The van der Waals surface area contributed by atoms with Crippen LogP contribution in [0.1, 0.15) is 12.8 Å². The quantitative estimate of drug-likeness (QED) is 0.308. The second-order valence-electron chi connectivity index (χ2n) is 3.49. The number of imide groups is 1. The predicted molar refractivity (Wildman–Crippen MR) is 57.4 cm³/mol. The summed E-state index contributed by atoms with van der Waals surface area (Å²) in [4.78, 5) is 33.5. The number of hydrogen-bond acceptors (Lipinski definition) is 4. The molecule has 1 rings (SSSR count). The van der Waals surface area contributed by atoms with Crippen molar-refractivity contribution in [2.75, 3.05) is 13.1 Å². The summed E-state index contributed by atoms with van der Waals surface area (Å²) in [5.41, 5.74) is 0. The van der Waals surface area contributed by atoms with Crippen molar-refractivity contribution >= 4 is 17.7 Å². The molecule has 1 atom stereocenters. The highest BCUT2D eigenvalue weighted by atomic mass is 16.2. The van der Waals surface area contributed by atoms with Gasteiger partial charge >= 0.3 is 0 Å². The molecule has 16 heavy (non-hydrogen) atoms. The molecular formula is C10H15N3O3. The third-order valence-corrected chi connectivity index (χ3v) is 2.15. The lowest BCUT2D eigenvalue weighted by Gasteiger charge is -2.21. The monoisotopic (exact) mass is 225 g/mol. The summed E-state index contributed by atoms with van der Waals surface area (Å²) < 4.78 is 0. The number of nitrogens with one attached hydrogen (secondary N) is 3. The van der Waals surface area contributed by atoms with Crippen LogP contribution >= 0.6 is 0 Å². The zero-order valence-electron chi connectivity index (χ0n) is 8.91. The highest BCUT2D eigenvalue weighted by Gasteiger charge is 2.27. The molecule has 0 radical (unpaired) electrons. The molecular weight excluding hydrogens is 210 g/mol. The molecule has 1 aliphatic heterocycles. The maximum absolute atomic E-state index is 11.3.